The zero-order valence-electron chi connectivity index (χ0n) is 22.4. The Kier molecular flexibility index (Phi) is 13.1. The molecule has 38 heavy (non-hydrogen) atoms. The quantitative estimate of drug-likeness (QED) is 0.0742. The summed E-state index contributed by atoms with van der Waals surface area (Å²) in [7, 11) is 5.69. The van der Waals surface area contributed by atoms with Crippen molar-refractivity contribution in [3.63, 3.8) is 0 Å². The predicted octanol–water partition coefficient (Wildman–Crippen LogP) is -1.39. The van der Waals surface area contributed by atoms with E-state index in [1.54, 1.807) is 0 Å². The van der Waals surface area contributed by atoms with Crippen LogP contribution in [0.4, 0.5) is 0 Å². The average molecular weight is 551 g/mol. The van der Waals surface area contributed by atoms with Crippen molar-refractivity contribution in [2.45, 2.75) is 51.4 Å². The Bertz CT molecular complexity index is 846. The van der Waals surface area contributed by atoms with E-state index in [-0.39, 0.29) is 13.1 Å². The third-order valence-electron chi connectivity index (χ3n) is 4.22. The van der Waals surface area contributed by atoms with Crippen molar-refractivity contribution >= 4 is 23.8 Å². The van der Waals surface area contributed by atoms with Crippen molar-refractivity contribution in [3.05, 3.63) is 32.4 Å². The van der Waals surface area contributed by atoms with Gasteiger partial charge in [0.2, 0.25) is 12.5 Å². The van der Waals surface area contributed by atoms with E-state index in [9.17, 15) is 39.4 Å². The van der Waals surface area contributed by atoms with Gasteiger partial charge in [-0.25, -0.2) is 9.59 Å². The van der Waals surface area contributed by atoms with Gasteiger partial charge < -0.3 is 29.8 Å². The van der Waals surface area contributed by atoms with Gasteiger partial charge in [-0.1, -0.05) is 0 Å². The fourth-order valence-corrected chi connectivity index (χ4v) is 2.46. The first kappa shape index (κ1) is 33.9. The summed E-state index contributed by atoms with van der Waals surface area (Å²) in [6.07, 6.45) is -1.57. The highest BCUT2D eigenvalue weighted by Crippen LogP contribution is 2.09. The number of hydrogen-bond donors (Lipinski definition) is 2. The molecule has 0 aromatic rings. The molecule has 0 fully saturated rings. The topological polar surface area (TPSA) is 222 Å². The van der Waals surface area contributed by atoms with Gasteiger partial charge >= 0.3 is 11.9 Å². The normalized spacial score (nSPS) is 13.4. The van der Waals surface area contributed by atoms with Crippen LogP contribution in [0.5, 0.6) is 0 Å². The molecule has 0 bridgehead atoms. The summed E-state index contributed by atoms with van der Waals surface area (Å²) in [6, 6.07) is 0. The van der Waals surface area contributed by atoms with E-state index in [0.717, 1.165) is 0 Å². The van der Waals surface area contributed by atoms with E-state index < -0.39 is 57.6 Å². The van der Waals surface area contributed by atoms with Crippen LogP contribution >= 0.6 is 0 Å². The molecule has 216 valence electrons. The molecule has 0 aromatic carbocycles. The SMILES string of the molecule is CN(C)C(OC(=O)/C=C/C(=O)OC(C(=O)NCC(C)(C)O[N+](=O)[O-])N(C)C)C(=O)NCC(C)(C)O[N+](=O)[O-]. The highest BCUT2D eigenvalue weighted by molar-refractivity contribution is 5.94. The Labute approximate surface area is 218 Å². The number of likely N-dealkylation sites (N-methyl/N-ethyl adjacent to an activating group) is 2. The molecule has 2 unspecified atom stereocenters. The highest BCUT2D eigenvalue weighted by atomic mass is 17.0. The molecular formula is C20H34N6O12. The smallest absolute Gasteiger partial charge is 0.333 e. The van der Waals surface area contributed by atoms with Gasteiger partial charge in [-0.15, -0.1) is 20.2 Å². The number of rotatable bonds is 16. The van der Waals surface area contributed by atoms with Crippen molar-refractivity contribution in [1.82, 2.24) is 20.4 Å². The Hall–Kier alpha value is -4.06. The molecule has 0 radical (unpaired) electrons. The van der Waals surface area contributed by atoms with Gasteiger partial charge in [0.15, 0.2) is 0 Å². The Morgan fingerprint density at radius 3 is 1.26 bits per heavy atom. The van der Waals surface area contributed by atoms with Gasteiger partial charge in [-0.3, -0.25) is 19.4 Å². The zero-order valence-corrected chi connectivity index (χ0v) is 22.4. The predicted molar refractivity (Wildman–Crippen MR) is 127 cm³/mol. The number of ether oxygens (including phenoxy) is 2. The maximum Gasteiger partial charge on any atom is 0.333 e. The number of nitrogens with zero attached hydrogens (tertiary/aromatic N) is 4. The van der Waals surface area contributed by atoms with Crippen molar-refractivity contribution < 1.29 is 48.5 Å². The summed E-state index contributed by atoms with van der Waals surface area (Å²) < 4.78 is 10.1. The second-order valence-electron chi connectivity index (χ2n) is 9.42. The summed E-state index contributed by atoms with van der Waals surface area (Å²) >= 11 is 0. The number of nitrogens with one attached hydrogen (secondary N) is 2. The van der Waals surface area contributed by atoms with Crippen LogP contribution in [-0.2, 0) is 38.3 Å². The highest BCUT2D eigenvalue weighted by Gasteiger charge is 2.30. The fraction of sp³-hybridized carbons (Fsp3) is 0.700. The molecule has 0 aliphatic heterocycles. The second kappa shape index (κ2) is 14.6. The van der Waals surface area contributed by atoms with Crippen LogP contribution < -0.4 is 10.6 Å². The van der Waals surface area contributed by atoms with Crippen LogP contribution in [0.3, 0.4) is 0 Å². The Balaban J connectivity index is 5.08. The summed E-state index contributed by atoms with van der Waals surface area (Å²) in [6.45, 7) is 4.90. The van der Waals surface area contributed by atoms with Crippen LogP contribution in [0, 0.1) is 20.2 Å². The van der Waals surface area contributed by atoms with Crippen LogP contribution in [0.15, 0.2) is 12.2 Å². The third kappa shape index (κ3) is 13.9. The lowest BCUT2D eigenvalue weighted by Crippen LogP contribution is -2.50. The molecular weight excluding hydrogens is 516 g/mol. The van der Waals surface area contributed by atoms with Crippen LogP contribution in [0.1, 0.15) is 27.7 Å². The van der Waals surface area contributed by atoms with Gasteiger partial charge in [0.1, 0.15) is 11.2 Å². The van der Waals surface area contributed by atoms with E-state index in [4.69, 9.17) is 9.47 Å². The molecule has 0 aromatic heterocycles. The molecule has 2 N–H and O–H groups in total. The second-order valence-corrected chi connectivity index (χ2v) is 9.42. The number of carbonyl (C=O) groups excluding carboxylic acids is 4. The maximum absolute atomic E-state index is 12.4. The molecule has 18 nitrogen and oxygen atoms in total. The number of carbonyl (C=O) groups is 4. The van der Waals surface area contributed by atoms with Gasteiger partial charge in [0, 0.05) is 25.2 Å². The molecule has 0 saturated heterocycles. The first-order chi connectivity index (χ1) is 17.3. The summed E-state index contributed by atoms with van der Waals surface area (Å²) in [5.74, 6) is -3.84. The van der Waals surface area contributed by atoms with Crippen LogP contribution in [0.25, 0.3) is 0 Å². The van der Waals surface area contributed by atoms with E-state index in [0.29, 0.717) is 12.2 Å². The molecule has 0 aliphatic carbocycles. The first-order valence-corrected chi connectivity index (χ1v) is 10.9. The van der Waals surface area contributed by atoms with Crippen molar-refractivity contribution in [2.24, 2.45) is 0 Å². The molecule has 0 rings (SSSR count). The number of hydrogen-bond acceptors (Lipinski definition) is 14. The monoisotopic (exact) mass is 550 g/mol. The third-order valence-corrected chi connectivity index (χ3v) is 4.22. The lowest BCUT2D eigenvalue weighted by molar-refractivity contribution is -0.778. The molecule has 2 amide bonds. The minimum Gasteiger partial charge on any atom is -0.433 e. The van der Waals surface area contributed by atoms with E-state index >= 15 is 0 Å². The standard InChI is InChI=1S/C20H34N6O12/c1-19(2,37-25(31)32)11-21-15(29)17(23(5)6)35-13(27)9-10-14(28)36-18(24(7)8)16(30)22-12-20(3,4)38-26(33)34/h9-10,17-18H,11-12H2,1-8H3,(H,21,29)(H,22,30)/b10-9+. The summed E-state index contributed by atoms with van der Waals surface area (Å²) in [5, 5.41) is 23.8. The lowest BCUT2D eigenvalue weighted by Gasteiger charge is -2.26. The minimum atomic E-state index is -1.46. The molecule has 18 heteroatoms. The Morgan fingerprint density at radius 1 is 0.737 bits per heavy atom. The number of esters is 2. The Morgan fingerprint density at radius 2 is 1.03 bits per heavy atom. The molecule has 0 saturated carbocycles. The molecule has 2 atom stereocenters. The fourth-order valence-electron chi connectivity index (χ4n) is 2.46. The van der Waals surface area contributed by atoms with Gasteiger partial charge in [-0.05, 0) is 55.9 Å². The van der Waals surface area contributed by atoms with Crippen LogP contribution in [0.2, 0.25) is 0 Å². The minimum absolute atomic E-state index is 0.278. The summed E-state index contributed by atoms with van der Waals surface area (Å²) in [5.41, 5.74) is -2.71. The molecule has 0 heterocycles. The lowest BCUT2D eigenvalue weighted by atomic mass is 10.1. The molecule has 0 spiro atoms. The molecule has 0 aliphatic rings. The average Bonchev–Trinajstić information content (AvgIpc) is 2.74. The van der Waals surface area contributed by atoms with Crippen molar-refractivity contribution in [2.75, 3.05) is 41.3 Å². The van der Waals surface area contributed by atoms with E-state index in [2.05, 4.69) is 20.3 Å². The zero-order chi connectivity index (χ0) is 29.8. The first-order valence-electron chi connectivity index (χ1n) is 10.9. The van der Waals surface area contributed by atoms with Crippen LogP contribution in [-0.4, -0.2) is 109 Å². The van der Waals surface area contributed by atoms with Crippen molar-refractivity contribution in [3.8, 4) is 0 Å². The van der Waals surface area contributed by atoms with Gasteiger partial charge in [0.05, 0.1) is 0 Å². The number of amides is 2. The van der Waals surface area contributed by atoms with Crippen molar-refractivity contribution in [1.29, 1.82) is 0 Å². The van der Waals surface area contributed by atoms with E-state index in [1.807, 2.05) is 0 Å². The van der Waals surface area contributed by atoms with Gasteiger partial charge in [-0.2, -0.15) is 0 Å². The van der Waals surface area contributed by atoms with Gasteiger partial charge in [0.25, 0.3) is 22.0 Å². The maximum atomic E-state index is 12.4. The summed E-state index contributed by atoms with van der Waals surface area (Å²) in [4.78, 5) is 81.6. The largest absolute Gasteiger partial charge is 0.433 e. The van der Waals surface area contributed by atoms with E-state index in [1.165, 1.54) is 65.7 Å².